The molecule has 0 atom stereocenters. The maximum Gasteiger partial charge on any atom is 0.345 e. The number of hydrogen-bond donors (Lipinski definition) is 2. The summed E-state index contributed by atoms with van der Waals surface area (Å²) in [5.41, 5.74) is 0.245. The fraction of sp³-hybridized carbons (Fsp3) is 0. The Morgan fingerprint density at radius 2 is 2.42 bits per heavy atom. The molecular weight excluding hydrogens is 182 g/mol. The summed E-state index contributed by atoms with van der Waals surface area (Å²) in [6, 6.07) is 0. The van der Waals surface area contributed by atoms with Crippen LogP contribution in [-0.2, 0) is 0 Å². The molecule has 0 saturated heterocycles. The van der Waals surface area contributed by atoms with E-state index in [2.05, 4.69) is 5.10 Å². The number of hydrogen-bond acceptors (Lipinski definition) is 2. The van der Waals surface area contributed by atoms with E-state index in [9.17, 15) is 4.79 Å². The zero-order valence-corrected chi connectivity index (χ0v) is 6.69. The van der Waals surface area contributed by atoms with Gasteiger partial charge in [-0.15, -0.1) is 0 Å². The molecule has 6 heteroatoms. The van der Waals surface area contributed by atoms with Gasteiger partial charge in [0.1, 0.15) is 6.20 Å². The summed E-state index contributed by atoms with van der Waals surface area (Å²) in [4.78, 5) is 10.5. The monoisotopic (exact) mass is 187 g/mol. The van der Waals surface area contributed by atoms with E-state index in [1.807, 2.05) is 0 Å². The van der Waals surface area contributed by atoms with Gasteiger partial charge in [-0.05, 0) is 0 Å². The number of carboxylic acids is 1. The first-order chi connectivity index (χ1) is 5.29. The first-order valence-corrected chi connectivity index (χ1v) is 3.11. The fourth-order valence-corrected chi connectivity index (χ4v) is 1.04. The van der Waals surface area contributed by atoms with Crippen LogP contribution in [0.15, 0.2) is 12.4 Å². The van der Waals surface area contributed by atoms with Gasteiger partial charge in [0.25, 0.3) is 0 Å². The van der Waals surface area contributed by atoms with Crippen LogP contribution in [0, 0.1) is 0 Å². The lowest BCUT2D eigenvalue weighted by atomic mass is 10.3. The molecule has 2 heterocycles. The number of fused-ring (bicyclic) bond motifs is 1. The molecule has 0 unspecified atom stereocenters. The number of quaternary nitrogens is 1. The molecule has 0 bridgehead atoms. The van der Waals surface area contributed by atoms with E-state index in [-0.39, 0.29) is 18.0 Å². The summed E-state index contributed by atoms with van der Waals surface area (Å²) in [7, 11) is 0. The number of rotatable bonds is 1. The molecule has 3 N–H and O–H groups in total. The van der Waals surface area contributed by atoms with Crippen LogP contribution in [0.3, 0.4) is 0 Å². The predicted molar refractivity (Wildman–Crippen MR) is 36.1 cm³/mol. The van der Waals surface area contributed by atoms with Crippen molar-refractivity contribution < 1.29 is 27.6 Å². The Kier molecular flexibility index (Phi) is 2.16. The molecule has 1 aromatic heterocycles. The Balaban J connectivity index is 0.000000720. The quantitative estimate of drug-likeness (QED) is 0.474. The molecule has 1 aromatic rings. The largest absolute Gasteiger partial charge is 1.00 e. The number of aromatic nitrogens is 2. The van der Waals surface area contributed by atoms with E-state index in [1.165, 1.54) is 10.9 Å². The molecule has 12 heavy (non-hydrogen) atoms. The molecule has 0 radical (unpaired) electrons. The average Bonchev–Trinajstić information content (AvgIpc) is 2.41. The third kappa shape index (κ3) is 1.09. The van der Waals surface area contributed by atoms with Crippen LogP contribution in [0.1, 0.15) is 10.4 Å². The molecule has 1 aliphatic rings. The van der Waals surface area contributed by atoms with Crippen LogP contribution in [0.5, 0.6) is 0 Å². The van der Waals surface area contributed by atoms with Gasteiger partial charge >= 0.3 is 5.97 Å². The first-order valence-electron chi connectivity index (χ1n) is 3.11. The molecule has 0 spiro atoms. The van der Waals surface area contributed by atoms with Gasteiger partial charge in [-0.3, -0.25) is 5.32 Å². The number of nitrogens with zero attached hydrogens (tertiary/aromatic N) is 2. The lowest BCUT2D eigenvalue weighted by Gasteiger charge is -1.88. The highest BCUT2D eigenvalue weighted by molar-refractivity contribution is 5.91. The highest BCUT2D eigenvalue weighted by Gasteiger charge is 2.21. The molecule has 0 aliphatic carbocycles. The van der Waals surface area contributed by atoms with Gasteiger partial charge in [-0.1, -0.05) is 0 Å². The molecular formula is C6H6ClN3O2. The summed E-state index contributed by atoms with van der Waals surface area (Å²) in [5, 5.41) is 14.2. The number of carbonyl (C=O) groups is 1. The Hall–Kier alpha value is -1.33. The van der Waals surface area contributed by atoms with Gasteiger partial charge < -0.3 is 17.5 Å². The summed E-state index contributed by atoms with van der Waals surface area (Å²) in [6.07, 6.45) is 4.81. The van der Waals surface area contributed by atoms with Crippen LogP contribution in [0.2, 0.25) is 0 Å². The molecule has 64 valence electrons. The van der Waals surface area contributed by atoms with E-state index in [0.717, 1.165) is 0 Å². The van der Waals surface area contributed by atoms with Crippen molar-refractivity contribution in [1.29, 1.82) is 0 Å². The molecule has 1 aliphatic heterocycles. The van der Waals surface area contributed by atoms with Gasteiger partial charge in [0.05, 0.1) is 12.4 Å². The Morgan fingerprint density at radius 1 is 1.67 bits per heavy atom. The summed E-state index contributed by atoms with van der Waals surface area (Å²) in [5.74, 6) is -0.302. The minimum absolute atomic E-state index is 0. The number of halogens is 1. The zero-order chi connectivity index (χ0) is 7.84. The summed E-state index contributed by atoms with van der Waals surface area (Å²) in [6.45, 7) is 0. The van der Waals surface area contributed by atoms with E-state index in [0.29, 0.717) is 5.82 Å². The maximum absolute atomic E-state index is 10.5. The van der Waals surface area contributed by atoms with E-state index < -0.39 is 5.97 Å². The van der Waals surface area contributed by atoms with Gasteiger partial charge in [0.15, 0.2) is 5.56 Å². The summed E-state index contributed by atoms with van der Waals surface area (Å²) >= 11 is 0. The van der Waals surface area contributed by atoms with E-state index in [4.69, 9.17) is 5.11 Å². The third-order valence-electron chi connectivity index (χ3n) is 1.55. The smallest absolute Gasteiger partial charge is 0.345 e. The predicted octanol–water partition coefficient (Wildman–Crippen LogP) is -3.78. The topological polar surface area (TPSA) is 71.7 Å². The summed E-state index contributed by atoms with van der Waals surface area (Å²) < 4.78 is 1.53. The lowest BCUT2D eigenvalue weighted by Crippen LogP contribution is -3.00. The van der Waals surface area contributed by atoms with Gasteiger partial charge in [0, 0.05) is 0 Å². The number of carboxylic acid groups (broad SMARTS) is 1. The molecule has 0 saturated carbocycles. The van der Waals surface area contributed by atoms with Crippen molar-refractivity contribution in [3.63, 3.8) is 0 Å². The van der Waals surface area contributed by atoms with Crippen LogP contribution in [0.25, 0.3) is 6.20 Å². The fourth-order valence-electron chi connectivity index (χ4n) is 1.04. The van der Waals surface area contributed by atoms with Gasteiger partial charge in [-0.25, -0.2) is 4.79 Å². The van der Waals surface area contributed by atoms with Crippen LogP contribution >= 0.6 is 0 Å². The van der Waals surface area contributed by atoms with Crippen molar-refractivity contribution in [2.24, 2.45) is 0 Å². The lowest BCUT2D eigenvalue weighted by molar-refractivity contribution is -0.495. The third-order valence-corrected chi connectivity index (χ3v) is 1.55. The second-order valence-corrected chi connectivity index (χ2v) is 2.20. The maximum atomic E-state index is 10.5. The Bertz CT molecular complexity index is 345. The van der Waals surface area contributed by atoms with Crippen molar-refractivity contribution in [2.75, 3.05) is 0 Å². The van der Waals surface area contributed by atoms with Crippen molar-refractivity contribution in [3.05, 3.63) is 18.0 Å². The van der Waals surface area contributed by atoms with Crippen LogP contribution in [-0.4, -0.2) is 20.9 Å². The van der Waals surface area contributed by atoms with Crippen molar-refractivity contribution in [1.82, 2.24) is 9.78 Å². The molecule has 0 fully saturated rings. The Morgan fingerprint density at radius 3 is 3.08 bits per heavy atom. The van der Waals surface area contributed by atoms with Crippen LogP contribution < -0.4 is 17.7 Å². The number of aromatic carboxylic acids is 1. The second-order valence-electron chi connectivity index (χ2n) is 2.20. The number of nitrogens with two attached hydrogens (primary N) is 1. The molecule has 2 rings (SSSR count). The molecule has 0 aromatic carbocycles. The SMILES string of the molecule is O=C(O)c1cnn2c1[NH2+]C=C2.[Cl-]. The van der Waals surface area contributed by atoms with Crippen molar-refractivity contribution in [2.45, 2.75) is 0 Å². The van der Waals surface area contributed by atoms with E-state index in [1.54, 1.807) is 17.7 Å². The minimum atomic E-state index is -0.939. The van der Waals surface area contributed by atoms with Gasteiger partial charge in [0.2, 0.25) is 5.82 Å². The second kappa shape index (κ2) is 2.96. The molecule has 0 amide bonds. The zero-order valence-electron chi connectivity index (χ0n) is 5.94. The molecule has 5 nitrogen and oxygen atoms in total. The van der Waals surface area contributed by atoms with Crippen LogP contribution in [0.4, 0.5) is 5.82 Å². The Labute approximate surface area is 74.1 Å². The van der Waals surface area contributed by atoms with Gasteiger partial charge in [-0.2, -0.15) is 9.78 Å². The minimum Gasteiger partial charge on any atom is -1.00 e. The van der Waals surface area contributed by atoms with Crippen molar-refractivity contribution in [3.8, 4) is 0 Å². The normalized spacial score (nSPS) is 12.3. The first kappa shape index (κ1) is 8.76. The standard InChI is InChI=1S/C6H5N3O2.ClH/c10-6(11)4-3-8-9-2-1-7-5(4)9;/h1-3,7H,(H,10,11);1H. The highest BCUT2D eigenvalue weighted by atomic mass is 35.5. The van der Waals surface area contributed by atoms with E-state index >= 15 is 0 Å². The van der Waals surface area contributed by atoms with Crippen molar-refractivity contribution >= 4 is 18.0 Å². The average molecular weight is 188 g/mol. The highest BCUT2D eigenvalue weighted by Crippen LogP contribution is 2.11.